The molecule has 124 valence electrons. The normalized spacial score (nSPS) is 10.9. The number of hydrogen-bond donors (Lipinski definition) is 1. The molecule has 0 aliphatic heterocycles. The molecule has 2 heterocycles. The number of aryl methyl sites for hydroxylation is 1. The molecule has 6 nitrogen and oxygen atoms in total. The van der Waals surface area contributed by atoms with Gasteiger partial charge in [-0.05, 0) is 24.8 Å². The summed E-state index contributed by atoms with van der Waals surface area (Å²) in [7, 11) is 0. The Bertz CT molecular complexity index is 876. The summed E-state index contributed by atoms with van der Waals surface area (Å²) in [6.07, 6.45) is 0. The summed E-state index contributed by atoms with van der Waals surface area (Å²) in [5.41, 5.74) is 1.59. The molecule has 0 unspecified atom stereocenters. The van der Waals surface area contributed by atoms with Crippen LogP contribution in [0.2, 0.25) is 0 Å². The van der Waals surface area contributed by atoms with E-state index in [0.717, 1.165) is 22.4 Å². The van der Waals surface area contributed by atoms with Crippen LogP contribution >= 0.6 is 23.5 Å². The molecule has 0 spiro atoms. The molecule has 3 aromatic rings. The van der Waals surface area contributed by atoms with Gasteiger partial charge in [-0.3, -0.25) is 9.36 Å². The highest BCUT2D eigenvalue weighted by Crippen LogP contribution is 2.25. The van der Waals surface area contributed by atoms with Crippen molar-refractivity contribution in [1.82, 2.24) is 24.7 Å². The lowest BCUT2D eigenvalue weighted by atomic mass is 10.3. The summed E-state index contributed by atoms with van der Waals surface area (Å²) >= 11 is 3.09. The van der Waals surface area contributed by atoms with Gasteiger partial charge in [0.2, 0.25) is 0 Å². The Balaban J connectivity index is 1.89. The number of nitrogens with zero attached hydrogens (tertiary/aromatic N) is 4. The molecule has 1 N–H and O–H groups in total. The van der Waals surface area contributed by atoms with E-state index < -0.39 is 0 Å². The van der Waals surface area contributed by atoms with Gasteiger partial charge < -0.3 is 4.98 Å². The lowest BCUT2D eigenvalue weighted by Gasteiger charge is -2.09. The first-order valence-corrected chi connectivity index (χ1v) is 9.47. The lowest BCUT2D eigenvalue weighted by molar-refractivity contribution is 0.861. The minimum absolute atomic E-state index is 0.142. The SMILES string of the molecule is CCSc1nnc(CSc2nc(C)cc(=O)[nH]2)n1-c1ccccc1. The number of para-hydroxylation sites is 1. The molecule has 0 bridgehead atoms. The number of rotatable bonds is 6. The van der Waals surface area contributed by atoms with E-state index in [1.54, 1.807) is 11.8 Å². The van der Waals surface area contributed by atoms with Gasteiger partial charge in [0.15, 0.2) is 10.3 Å². The quantitative estimate of drug-likeness (QED) is 0.538. The van der Waals surface area contributed by atoms with E-state index in [-0.39, 0.29) is 5.56 Å². The van der Waals surface area contributed by atoms with Gasteiger partial charge in [-0.25, -0.2) is 4.98 Å². The minimum atomic E-state index is -0.142. The van der Waals surface area contributed by atoms with Gasteiger partial charge in [0.25, 0.3) is 5.56 Å². The van der Waals surface area contributed by atoms with E-state index >= 15 is 0 Å². The van der Waals surface area contributed by atoms with Gasteiger partial charge in [0.1, 0.15) is 5.82 Å². The molecule has 0 fully saturated rings. The van der Waals surface area contributed by atoms with Crippen LogP contribution < -0.4 is 5.56 Å². The molecule has 24 heavy (non-hydrogen) atoms. The van der Waals surface area contributed by atoms with Crippen LogP contribution in [0.4, 0.5) is 0 Å². The van der Waals surface area contributed by atoms with Gasteiger partial charge in [0, 0.05) is 17.4 Å². The second kappa shape index (κ2) is 7.67. The van der Waals surface area contributed by atoms with Crippen molar-refractivity contribution in [3.05, 3.63) is 58.3 Å². The average Bonchev–Trinajstić information content (AvgIpc) is 2.96. The van der Waals surface area contributed by atoms with Gasteiger partial charge >= 0.3 is 0 Å². The maximum atomic E-state index is 11.6. The van der Waals surface area contributed by atoms with E-state index in [4.69, 9.17) is 0 Å². The lowest BCUT2D eigenvalue weighted by Crippen LogP contribution is -2.08. The highest BCUT2D eigenvalue weighted by molar-refractivity contribution is 7.99. The fraction of sp³-hybridized carbons (Fsp3) is 0.250. The van der Waals surface area contributed by atoms with Gasteiger partial charge in [-0.15, -0.1) is 10.2 Å². The molecule has 0 saturated heterocycles. The minimum Gasteiger partial charge on any atom is -0.301 e. The van der Waals surface area contributed by atoms with Crippen LogP contribution in [0, 0.1) is 6.92 Å². The van der Waals surface area contributed by atoms with Gasteiger partial charge in [-0.1, -0.05) is 48.6 Å². The number of aromatic nitrogens is 5. The van der Waals surface area contributed by atoms with Gasteiger partial charge in [-0.2, -0.15) is 0 Å². The van der Waals surface area contributed by atoms with Crippen molar-refractivity contribution in [1.29, 1.82) is 0 Å². The first-order valence-electron chi connectivity index (χ1n) is 7.50. The van der Waals surface area contributed by atoms with E-state index in [0.29, 0.717) is 16.6 Å². The number of nitrogens with one attached hydrogen (secondary N) is 1. The summed E-state index contributed by atoms with van der Waals surface area (Å²) in [6.45, 7) is 3.90. The third kappa shape index (κ3) is 3.88. The fourth-order valence-electron chi connectivity index (χ4n) is 2.21. The molecule has 0 aliphatic rings. The summed E-state index contributed by atoms with van der Waals surface area (Å²) in [5.74, 6) is 2.31. The number of H-pyrrole nitrogens is 1. The highest BCUT2D eigenvalue weighted by Gasteiger charge is 2.14. The van der Waals surface area contributed by atoms with Crippen molar-refractivity contribution in [2.24, 2.45) is 0 Å². The standard InChI is InChI=1S/C16H17N5OS2/c1-3-23-16-20-19-13(21(16)12-7-5-4-6-8-12)10-24-15-17-11(2)9-14(22)18-15/h4-9H,3,10H2,1-2H3,(H,17,18,22). The number of hydrogen-bond acceptors (Lipinski definition) is 6. The molecular formula is C16H17N5OS2. The summed E-state index contributed by atoms with van der Waals surface area (Å²) in [5, 5.41) is 10.1. The molecule has 3 rings (SSSR count). The Morgan fingerprint density at radius 2 is 1.96 bits per heavy atom. The topological polar surface area (TPSA) is 76.5 Å². The van der Waals surface area contributed by atoms with Crippen molar-refractivity contribution in [3.63, 3.8) is 0 Å². The van der Waals surface area contributed by atoms with E-state index in [9.17, 15) is 4.79 Å². The predicted octanol–water partition coefficient (Wildman–Crippen LogP) is 3.06. The number of benzene rings is 1. The van der Waals surface area contributed by atoms with E-state index in [1.807, 2.05) is 37.3 Å². The fourth-order valence-corrected chi connectivity index (χ4v) is 3.74. The molecular weight excluding hydrogens is 342 g/mol. The Morgan fingerprint density at radius 3 is 2.67 bits per heavy atom. The van der Waals surface area contributed by atoms with E-state index in [2.05, 4.69) is 31.7 Å². The van der Waals surface area contributed by atoms with Crippen LogP contribution in [0.5, 0.6) is 0 Å². The van der Waals surface area contributed by atoms with E-state index in [1.165, 1.54) is 17.8 Å². The van der Waals surface area contributed by atoms with Gasteiger partial charge in [0.05, 0.1) is 5.75 Å². The molecule has 8 heteroatoms. The number of aromatic amines is 1. The van der Waals surface area contributed by atoms with Crippen LogP contribution in [-0.4, -0.2) is 30.5 Å². The van der Waals surface area contributed by atoms with Crippen molar-refractivity contribution >= 4 is 23.5 Å². The average molecular weight is 359 g/mol. The first-order chi connectivity index (χ1) is 11.7. The Morgan fingerprint density at radius 1 is 1.17 bits per heavy atom. The summed E-state index contributed by atoms with van der Waals surface area (Å²) in [4.78, 5) is 18.6. The van der Waals surface area contributed by atoms with Crippen LogP contribution in [-0.2, 0) is 5.75 Å². The highest BCUT2D eigenvalue weighted by atomic mass is 32.2. The second-order valence-electron chi connectivity index (χ2n) is 4.98. The summed E-state index contributed by atoms with van der Waals surface area (Å²) in [6, 6.07) is 11.5. The van der Waals surface area contributed by atoms with Crippen molar-refractivity contribution in [3.8, 4) is 5.69 Å². The molecule has 0 atom stereocenters. The molecule has 0 aliphatic carbocycles. The van der Waals surface area contributed by atoms with Crippen molar-refractivity contribution in [2.45, 2.75) is 29.9 Å². The zero-order valence-corrected chi connectivity index (χ0v) is 15.0. The van der Waals surface area contributed by atoms with Crippen molar-refractivity contribution < 1.29 is 0 Å². The number of thioether (sulfide) groups is 2. The monoisotopic (exact) mass is 359 g/mol. The largest absolute Gasteiger partial charge is 0.301 e. The second-order valence-corrected chi connectivity index (χ2v) is 7.18. The molecule has 2 aromatic heterocycles. The van der Waals surface area contributed by atoms with Crippen molar-refractivity contribution in [2.75, 3.05) is 5.75 Å². The molecule has 0 saturated carbocycles. The van der Waals surface area contributed by atoms with Crippen LogP contribution in [0.3, 0.4) is 0 Å². The first kappa shape index (κ1) is 16.8. The predicted molar refractivity (Wildman–Crippen MR) is 96.9 cm³/mol. The van der Waals surface area contributed by atoms with Crippen LogP contribution in [0.1, 0.15) is 18.4 Å². The molecule has 0 radical (unpaired) electrons. The maximum Gasteiger partial charge on any atom is 0.251 e. The third-order valence-corrected chi connectivity index (χ3v) is 4.85. The zero-order chi connectivity index (χ0) is 16.9. The Hall–Kier alpha value is -2.06. The third-order valence-electron chi connectivity index (χ3n) is 3.17. The van der Waals surface area contributed by atoms with Crippen LogP contribution in [0.25, 0.3) is 5.69 Å². The zero-order valence-electron chi connectivity index (χ0n) is 13.4. The smallest absolute Gasteiger partial charge is 0.251 e. The summed E-state index contributed by atoms with van der Waals surface area (Å²) < 4.78 is 2.05. The Kier molecular flexibility index (Phi) is 5.37. The van der Waals surface area contributed by atoms with Crippen LogP contribution in [0.15, 0.2) is 51.5 Å². The Labute approximate surface area is 148 Å². The molecule has 1 aromatic carbocycles. The maximum absolute atomic E-state index is 11.6. The molecule has 0 amide bonds.